The van der Waals surface area contributed by atoms with Gasteiger partial charge in [-0.15, -0.1) is 0 Å². The topological polar surface area (TPSA) is 60.2 Å². The largest absolute Gasteiger partial charge is 0.326 e. The van der Waals surface area contributed by atoms with Crippen molar-refractivity contribution in [2.75, 3.05) is 6.26 Å². The van der Waals surface area contributed by atoms with Crippen LogP contribution in [0.4, 0.5) is 4.39 Å². The van der Waals surface area contributed by atoms with Crippen LogP contribution in [-0.4, -0.2) is 26.0 Å². The van der Waals surface area contributed by atoms with Gasteiger partial charge in [0.25, 0.3) is 0 Å². The average Bonchev–Trinajstić information content (AvgIpc) is 2.21. The van der Waals surface area contributed by atoms with Gasteiger partial charge >= 0.3 is 0 Å². The Bertz CT molecular complexity index is 504. The van der Waals surface area contributed by atoms with Gasteiger partial charge in [-0.1, -0.05) is 11.6 Å². The van der Waals surface area contributed by atoms with E-state index in [9.17, 15) is 12.8 Å². The zero-order chi connectivity index (χ0) is 13.2. The summed E-state index contributed by atoms with van der Waals surface area (Å²) in [7, 11) is -3.21. The highest BCUT2D eigenvalue weighted by Gasteiger charge is 2.23. The van der Waals surface area contributed by atoms with Gasteiger partial charge in [0.1, 0.15) is 5.82 Å². The number of sulfone groups is 1. The molecule has 0 fully saturated rings. The van der Waals surface area contributed by atoms with E-state index in [2.05, 4.69) is 0 Å². The maximum atomic E-state index is 13.0. The lowest BCUT2D eigenvalue weighted by Gasteiger charge is -2.18. The monoisotopic (exact) mass is 279 g/mol. The molecule has 0 aliphatic rings. The Morgan fingerprint density at radius 1 is 1.47 bits per heavy atom. The molecule has 2 N–H and O–H groups in total. The van der Waals surface area contributed by atoms with Gasteiger partial charge in [0.05, 0.1) is 5.25 Å². The second-order valence-corrected chi connectivity index (χ2v) is 6.95. The van der Waals surface area contributed by atoms with E-state index in [-0.39, 0.29) is 6.42 Å². The van der Waals surface area contributed by atoms with Gasteiger partial charge < -0.3 is 5.73 Å². The highest BCUT2D eigenvalue weighted by molar-refractivity contribution is 7.91. The van der Waals surface area contributed by atoms with Crippen LogP contribution in [0.25, 0.3) is 0 Å². The molecule has 0 saturated carbocycles. The molecule has 1 aromatic rings. The average molecular weight is 280 g/mol. The second-order valence-electron chi connectivity index (χ2n) is 4.14. The van der Waals surface area contributed by atoms with Crippen molar-refractivity contribution < 1.29 is 12.8 Å². The van der Waals surface area contributed by atoms with Gasteiger partial charge in [0.2, 0.25) is 0 Å². The van der Waals surface area contributed by atoms with E-state index < -0.39 is 26.9 Å². The van der Waals surface area contributed by atoms with E-state index in [0.29, 0.717) is 10.6 Å². The van der Waals surface area contributed by atoms with E-state index in [1.807, 2.05) is 0 Å². The van der Waals surface area contributed by atoms with Crippen molar-refractivity contribution in [2.24, 2.45) is 5.73 Å². The van der Waals surface area contributed by atoms with Crippen molar-refractivity contribution in [3.05, 3.63) is 34.6 Å². The van der Waals surface area contributed by atoms with E-state index in [1.165, 1.54) is 25.1 Å². The summed E-state index contributed by atoms with van der Waals surface area (Å²) in [5.74, 6) is -0.413. The molecule has 6 heteroatoms. The summed E-state index contributed by atoms with van der Waals surface area (Å²) in [4.78, 5) is 0. The number of hydrogen-bond acceptors (Lipinski definition) is 3. The van der Waals surface area contributed by atoms with E-state index in [1.54, 1.807) is 0 Å². The molecule has 1 aromatic carbocycles. The summed E-state index contributed by atoms with van der Waals surface area (Å²) < 4.78 is 35.7. The van der Waals surface area contributed by atoms with Gasteiger partial charge in [0.15, 0.2) is 9.84 Å². The lowest BCUT2D eigenvalue weighted by atomic mass is 10.0. The molecule has 2 unspecified atom stereocenters. The molecule has 0 aliphatic heterocycles. The predicted molar refractivity (Wildman–Crippen MR) is 67.4 cm³/mol. The lowest BCUT2D eigenvalue weighted by Crippen LogP contribution is -2.39. The molecule has 0 aromatic heterocycles. The molecule has 0 amide bonds. The van der Waals surface area contributed by atoms with Gasteiger partial charge in [-0.25, -0.2) is 12.8 Å². The number of benzene rings is 1. The molecule has 0 heterocycles. The molecule has 0 saturated heterocycles. The fourth-order valence-electron chi connectivity index (χ4n) is 1.44. The second kappa shape index (κ2) is 5.33. The quantitative estimate of drug-likeness (QED) is 0.914. The third-order valence-corrected chi connectivity index (χ3v) is 4.81. The molecular formula is C11H15ClFNO2S. The number of halogens is 2. The molecule has 2 atom stereocenters. The Morgan fingerprint density at radius 2 is 2.06 bits per heavy atom. The minimum atomic E-state index is -3.21. The highest BCUT2D eigenvalue weighted by atomic mass is 35.5. The number of rotatable bonds is 4. The number of nitrogens with two attached hydrogens (primary N) is 1. The molecule has 1 rings (SSSR count). The summed E-state index contributed by atoms with van der Waals surface area (Å²) in [6.45, 7) is 1.53. The summed E-state index contributed by atoms with van der Waals surface area (Å²) in [6.07, 6.45) is 1.36. The van der Waals surface area contributed by atoms with Crippen LogP contribution in [-0.2, 0) is 16.3 Å². The molecule has 17 heavy (non-hydrogen) atoms. The van der Waals surface area contributed by atoms with E-state index in [4.69, 9.17) is 17.3 Å². The molecule has 3 nitrogen and oxygen atoms in total. The van der Waals surface area contributed by atoms with Crippen molar-refractivity contribution in [3.63, 3.8) is 0 Å². The predicted octanol–water partition coefficient (Wildman–Crippen LogP) is 1.78. The minimum absolute atomic E-state index is 0.227. The van der Waals surface area contributed by atoms with Crippen LogP contribution in [0, 0.1) is 5.82 Å². The minimum Gasteiger partial charge on any atom is -0.326 e. The maximum absolute atomic E-state index is 13.0. The van der Waals surface area contributed by atoms with Crippen molar-refractivity contribution in [2.45, 2.75) is 24.6 Å². The van der Waals surface area contributed by atoms with Crippen LogP contribution in [0.3, 0.4) is 0 Å². The standard InChI is InChI=1S/C11H15ClFNO2S/c1-7(17(2,15)16)11(14)6-8-5-9(13)3-4-10(8)12/h3-5,7,11H,6,14H2,1-2H3. The smallest absolute Gasteiger partial charge is 0.151 e. The first-order valence-electron chi connectivity index (χ1n) is 5.10. The normalized spacial score (nSPS) is 15.6. The lowest BCUT2D eigenvalue weighted by molar-refractivity contribution is 0.561. The third-order valence-electron chi connectivity index (χ3n) is 2.74. The SMILES string of the molecule is CC(C(N)Cc1cc(F)ccc1Cl)S(C)(=O)=O. The molecule has 0 spiro atoms. The Balaban J connectivity index is 2.88. The zero-order valence-electron chi connectivity index (χ0n) is 9.65. The molecule has 0 bridgehead atoms. The van der Waals surface area contributed by atoms with Crippen molar-refractivity contribution in [1.29, 1.82) is 0 Å². The summed E-state index contributed by atoms with van der Waals surface area (Å²) in [5.41, 5.74) is 6.32. The number of hydrogen-bond donors (Lipinski definition) is 1. The van der Waals surface area contributed by atoms with Crippen molar-refractivity contribution in [3.8, 4) is 0 Å². The Hall–Kier alpha value is -0.650. The van der Waals surface area contributed by atoms with Crippen LogP contribution in [0.1, 0.15) is 12.5 Å². The molecular weight excluding hydrogens is 265 g/mol. The fourth-order valence-corrected chi connectivity index (χ4v) is 2.36. The van der Waals surface area contributed by atoms with Crippen LogP contribution < -0.4 is 5.73 Å². The fraction of sp³-hybridized carbons (Fsp3) is 0.455. The summed E-state index contributed by atoms with van der Waals surface area (Å²) >= 11 is 5.89. The van der Waals surface area contributed by atoms with Gasteiger partial charge in [0, 0.05) is 17.3 Å². The molecule has 96 valence electrons. The Morgan fingerprint density at radius 3 is 2.59 bits per heavy atom. The summed E-state index contributed by atoms with van der Waals surface area (Å²) in [6, 6.07) is 3.35. The summed E-state index contributed by atoms with van der Waals surface area (Å²) in [5, 5.41) is -0.301. The highest BCUT2D eigenvalue weighted by Crippen LogP contribution is 2.20. The van der Waals surface area contributed by atoms with Crippen LogP contribution in [0.2, 0.25) is 5.02 Å². The molecule has 0 radical (unpaired) electrons. The van der Waals surface area contributed by atoms with E-state index in [0.717, 1.165) is 6.26 Å². The third kappa shape index (κ3) is 3.94. The van der Waals surface area contributed by atoms with Crippen molar-refractivity contribution in [1.82, 2.24) is 0 Å². The first kappa shape index (κ1) is 14.4. The van der Waals surface area contributed by atoms with Crippen LogP contribution >= 0.6 is 11.6 Å². The van der Waals surface area contributed by atoms with Gasteiger partial charge in [-0.2, -0.15) is 0 Å². The van der Waals surface area contributed by atoms with Crippen LogP contribution in [0.15, 0.2) is 18.2 Å². The Kier molecular flexibility index (Phi) is 4.52. The maximum Gasteiger partial charge on any atom is 0.151 e. The van der Waals surface area contributed by atoms with E-state index >= 15 is 0 Å². The first-order valence-corrected chi connectivity index (χ1v) is 7.43. The first-order chi connectivity index (χ1) is 7.71. The Labute approximate surface area is 106 Å². The van der Waals surface area contributed by atoms with Crippen LogP contribution in [0.5, 0.6) is 0 Å². The zero-order valence-corrected chi connectivity index (χ0v) is 11.2. The van der Waals surface area contributed by atoms with Crippen molar-refractivity contribution >= 4 is 21.4 Å². The van der Waals surface area contributed by atoms with Gasteiger partial charge in [-0.3, -0.25) is 0 Å². The molecule has 0 aliphatic carbocycles. The van der Waals surface area contributed by atoms with Gasteiger partial charge in [-0.05, 0) is 37.1 Å².